The van der Waals surface area contributed by atoms with E-state index in [-0.39, 0.29) is 0 Å². The minimum atomic E-state index is 0.766. The molecule has 2 aromatic heterocycles. The first kappa shape index (κ1) is 14.9. The number of hydrogen-bond donors (Lipinski definition) is 1. The molecule has 4 rings (SSSR count). The topological polar surface area (TPSA) is 57.7 Å². The summed E-state index contributed by atoms with van der Waals surface area (Å²) in [5.41, 5.74) is 2.76. The van der Waals surface area contributed by atoms with Gasteiger partial charge >= 0.3 is 0 Å². The number of hydrogen-bond acceptors (Lipinski definition) is 5. The largest absolute Gasteiger partial charge is 0.338 e. The normalized spacial score (nSPS) is 16.3. The van der Waals surface area contributed by atoms with Crippen molar-refractivity contribution in [1.82, 2.24) is 25.1 Å². The summed E-state index contributed by atoms with van der Waals surface area (Å²) in [6, 6.07) is 8.13. The van der Waals surface area contributed by atoms with Crippen molar-refractivity contribution in [3.8, 4) is 0 Å². The number of nitrogens with zero attached hydrogens (tertiary/aromatic N) is 4. The maximum atomic E-state index is 4.62. The Labute approximate surface area is 139 Å². The lowest BCUT2D eigenvalue weighted by atomic mass is 10.1. The highest BCUT2D eigenvalue weighted by atomic mass is 32.2. The number of aromatic nitrogens is 4. The van der Waals surface area contributed by atoms with Gasteiger partial charge in [0, 0.05) is 16.7 Å². The summed E-state index contributed by atoms with van der Waals surface area (Å²) in [7, 11) is 0. The Bertz CT molecular complexity index is 794. The van der Waals surface area contributed by atoms with Crippen LogP contribution < -0.4 is 0 Å². The molecule has 1 saturated heterocycles. The van der Waals surface area contributed by atoms with E-state index in [0.717, 1.165) is 33.0 Å². The van der Waals surface area contributed by atoms with Gasteiger partial charge in [-0.2, -0.15) is 0 Å². The SMILES string of the molecule is c1ccc2c(c1)[nH]c1nc(SCCCN3CCCCC3)nnc12. The van der Waals surface area contributed by atoms with E-state index in [4.69, 9.17) is 0 Å². The second-order valence-electron chi connectivity index (χ2n) is 6.07. The summed E-state index contributed by atoms with van der Waals surface area (Å²) in [5, 5.41) is 10.5. The molecule has 0 spiro atoms. The number of thioether (sulfide) groups is 1. The molecule has 0 amide bonds. The molecule has 0 atom stereocenters. The number of fused-ring (bicyclic) bond motifs is 3. The average molecular weight is 327 g/mol. The van der Waals surface area contributed by atoms with Gasteiger partial charge in [0.15, 0.2) is 5.65 Å². The van der Waals surface area contributed by atoms with Crippen molar-refractivity contribution >= 4 is 33.8 Å². The second kappa shape index (κ2) is 6.84. The minimum absolute atomic E-state index is 0.766. The quantitative estimate of drug-likeness (QED) is 0.574. The lowest BCUT2D eigenvalue weighted by molar-refractivity contribution is 0.230. The molecule has 23 heavy (non-hydrogen) atoms. The van der Waals surface area contributed by atoms with Crippen LogP contribution >= 0.6 is 11.8 Å². The Balaban J connectivity index is 1.38. The van der Waals surface area contributed by atoms with Gasteiger partial charge in [-0.1, -0.05) is 36.4 Å². The van der Waals surface area contributed by atoms with Gasteiger partial charge < -0.3 is 9.88 Å². The lowest BCUT2D eigenvalue weighted by Gasteiger charge is -2.26. The first-order valence-electron chi connectivity index (χ1n) is 8.36. The van der Waals surface area contributed by atoms with Crippen molar-refractivity contribution in [2.75, 3.05) is 25.4 Å². The number of aromatic amines is 1. The highest BCUT2D eigenvalue weighted by molar-refractivity contribution is 7.99. The highest BCUT2D eigenvalue weighted by Crippen LogP contribution is 2.23. The summed E-state index contributed by atoms with van der Waals surface area (Å²) in [6.07, 6.45) is 5.29. The van der Waals surface area contributed by atoms with Crippen molar-refractivity contribution < 1.29 is 0 Å². The number of benzene rings is 1. The molecule has 1 aromatic carbocycles. The first-order chi connectivity index (χ1) is 11.4. The van der Waals surface area contributed by atoms with Gasteiger partial charge in [0.05, 0.1) is 0 Å². The summed E-state index contributed by atoms with van der Waals surface area (Å²) >= 11 is 1.70. The van der Waals surface area contributed by atoms with Gasteiger partial charge in [-0.3, -0.25) is 0 Å². The highest BCUT2D eigenvalue weighted by Gasteiger charge is 2.11. The van der Waals surface area contributed by atoms with E-state index in [0.29, 0.717) is 0 Å². The predicted octanol–water partition coefficient (Wildman–Crippen LogP) is 3.47. The van der Waals surface area contributed by atoms with E-state index in [2.05, 4.69) is 31.1 Å². The first-order valence-corrected chi connectivity index (χ1v) is 9.35. The molecule has 1 aliphatic rings. The molecule has 1 fully saturated rings. The van der Waals surface area contributed by atoms with Gasteiger partial charge in [-0.05, 0) is 45.0 Å². The fourth-order valence-electron chi connectivity index (χ4n) is 3.20. The molecule has 0 saturated carbocycles. The average Bonchev–Trinajstić information content (AvgIpc) is 2.97. The Kier molecular flexibility index (Phi) is 4.43. The fraction of sp³-hybridized carbons (Fsp3) is 0.471. The van der Waals surface area contributed by atoms with E-state index in [1.807, 2.05) is 18.2 Å². The molecule has 0 bridgehead atoms. The molecule has 3 heterocycles. The van der Waals surface area contributed by atoms with Crippen LogP contribution in [0.5, 0.6) is 0 Å². The maximum Gasteiger partial charge on any atom is 0.211 e. The predicted molar refractivity (Wildman–Crippen MR) is 94.8 cm³/mol. The van der Waals surface area contributed by atoms with Crippen LogP contribution in [-0.4, -0.2) is 50.5 Å². The zero-order valence-electron chi connectivity index (χ0n) is 13.2. The number of piperidine rings is 1. The number of H-pyrrole nitrogens is 1. The van der Waals surface area contributed by atoms with E-state index < -0.39 is 0 Å². The molecule has 1 aliphatic heterocycles. The van der Waals surface area contributed by atoms with Crippen LogP contribution in [0.2, 0.25) is 0 Å². The zero-order valence-corrected chi connectivity index (χ0v) is 14.0. The monoisotopic (exact) mass is 327 g/mol. The van der Waals surface area contributed by atoms with Crippen LogP contribution in [0.15, 0.2) is 29.4 Å². The standard InChI is InChI=1S/C17H21N5S/c1-4-9-22(10-5-1)11-6-12-23-17-19-16-15(20-21-17)13-7-2-3-8-14(13)18-16/h2-3,7-8H,1,4-6,9-12H2,(H,18,19,21). The minimum Gasteiger partial charge on any atom is -0.338 e. The Morgan fingerprint density at radius 3 is 2.87 bits per heavy atom. The molecule has 0 unspecified atom stereocenters. The molecular weight excluding hydrogens is 306 g/mol. The van der Waals surface area contributed by atoms with Crippen molar-refractivity contribution in [2.45, 2.75) is 30.8 Å². The number of para-hydroxylation sites is 1. The van der Waals surface area contributed by atoms with Crippen LogP contribution in [-0.2, 0) is 0 Å². The maximum absolute atomic E-state index is 4.62. The molecule has 120 valence electrons. The summed E-state index contributed by atoms with van der Waals surface area (Å²) in [5.74, 6) is 1.05. The summed E-state index contributed by atoms with van der Waals surface area (Å²) < 4.78 is 0. The molecule has 1 N–H and O–H groups in total. The summed E-state index contributed by atoms with van der Waals surface area (Å²) in [6.45, 7) is 3.72. The Morgan fingerprint density at radius 2 is 1.96 bits per heavy atom. The van der Waals surface area contributed by atoms with Crippen molar-refractivity contribution in [2.24, 2.45) is 0 Å². The van der Waals surface area contributed by atoms with E-state index >= 15 is 0 Å². The Morgan fingerprint density at radius 1 is 1.09 bits per heavy atom. The molecule has 6 heteroatoms. The third-order valence-corrected chi connectivity index (χ3v) is 5.33. The van der Waals surface area contributed by atoms with E-state index in [1.165, 1.54) is 45.3 Å². The number of rotatable bonds is 5. The smallest absolute Gasteiger partial charge is 0.211 e. The van der Waals surface area contributed by atoms with Gasteiger partial charge in [-0.25, -0.2) is 4.98 Å². The van der Waals surface area contributed by atoms with Crippen molar-refractivity contribution in [1.29, 1.82) is 0 Å². The van der Waals surface area contributed by atoms with Crippen molar-refractivity contribution in [3.63, 3.8) is 0 Å². The van der Waals surface area contributed by atoms with Gasteiger partial charge in [0.2, 0.25) is 5.16 Å². The number of likely N-dealkylation sites (tertiary alicyclic amines) is 1. The molecule has 0 aliphatic carbocycles. The molecule has 0 radical (unpaired) electrons. The lowest BCUT2D eigenvalue weighted by Crippen LogP contribution is -2.30. The van der Waals surface area contributed by atoms with Gasteiger partial charge in [0.1, 0.15) is 5.52 Å². The molecule has 5 nitrogen and oxygen atoms in total. The van der Waals surface area contributed by atoms with Crippen LogP contribution in [0.1, 0.15) is 25.7 Å². The van der Waals surface area contributed by atoms with Crippen LogP contribution in [0.3, 0.4) is 0 Å². The van der Waals surface area contributed by atoms with Crippen molar-refractivity contribution in [3.05, 3.63) is 24.3 Å². The Hall–Kier alpha value is -1.66. The summed E-state index contributed by atoms with van der Waals surface area (Å²) in [4.78, 5) is 10.5. The second-order valence-corrected chi connectivity index (χ2v) is 7.13. The van der Waals surface area contributed by atoms with Crippen LogP contribution in [0, 0.1) is 0 Å². The van der Waals surface area contributed by atoms with Gasteiger partial charge in [0.25, 0.3) is 0 Å². The third-order valence-electron chi connectivity index (χ3n) is 4.40. The third kappa shape index (κ3) is 3.33. The van der Waals surface area contributed by atoms with Crippen LogP contribution in [0.4, 0.5) is 0 Å². The fourth-order valence-corrected chi connectivity index (χ4v) is 3.91. The van der Waals surface area contributed by atoms with Crippen LogP contribution in [0.25, 0.3) is 22.1 Å². The van der Waals surface area contributed by atoms with E-state index in [1.54, 1.807) is 11.8 Å². The zero-order chi connectivity index (χ0) is 15.5. The molecule has 3 aromatic rings. The van der Waals surface area contributed by atoms with Gasteiger partial charge in [-0.15, -0.1) is 10.2 Å². The number of nitrogens with one attached hydrogen (secondary N) is 1. The molecular formula is C17H21N5S. The van der Waals surface area contributed by atoms with E-state index in [9.17, 15) is 0 Å².